The summed E-state index contributed by atoms with van der Waals surface area (Å²) >= 11 is 0. The molecule has 0 aliphatic heterocycles. The molecule has 0 amide bonds. The van der Waals surface area contributed by atoms with E-state index in [1.54, 1.807) is 0 Å². The second kappa shape index (κ2) is 4.41. The molecule has 1 aromatic heterocycles. The summed E-state index contributed by atoms with van der Waals surface area (Å²) in [6.07, 6.45) is 4.35. The Morgan fingerprint density at radius 2 is 2.05 bits per heavy atom. The predicted molar refractivity (Wildman–Crippen MR) is 78.1 cm³/mol. The zero-order chi connectivity index (χ0) is 13.5. The van der Waals surface area contributed by atoms with E-state index in [2.05, 4.69) is 48.5 Å². The topological polar surface area (TPSA) is 29.9 Å². The van der Waals surface area contributed by atoms with Crippen molar-refractivity contribution in [2.45, 2.75) is 32.7 Å². The second-order valence-corrected chi connectivity index (χ2v) is 6.14. The Labute approximate surface area is 114 Å². The molecule has 0 spiro atoms. The van der Waals surface area contributed by atoms with E-state index in [9.17, 15) is 0 Å². The normalized spacial score (nSPS) is 20.9. The fraction of sp³-hybridized carbons (Fsp3) is 0.438. The third-order valence-electron chi connectivity index (χ3n) is 4.19. The van der Waals surface area contributed by atoms with E-state index < -0.39 is 0 Å². The van der Waals surface area contributed by atoms with Crippen molar-refractivity contribution < 1.29 is 0 Å². The van der Waals surface area contributed by atoms with Crippen LogP contribution in [0.15, 0.2) is 36.5 Å². The first kappa shape index (κ1) is 12.3. The third-order valence-corrected chi connectivity index (χ3v) is 4.19. The molecule has 1 aliphatic rings. The molecule has 1 N–H and O–H groups in total. The van der Waals surface area contributed by atoms with Gasteiger partial charge >= 0.3 is 0 Å². The first-order valence-corrected chi connectivity index (χ1v) is 6.90. The minimum absolute atomic E-state index is 0.242. The van der Waals surface area contributed by atoms with Gasteiger partial charge in [0, 0.05) is 19.3 Å². The molecule has 1 unspecified atom stereocenters. The van der Waals surface area contributed by atoms with E-state index in [0.29, 0.717) is 6.04 Å². The minimum atomic E-state index is 0.242. The summed E-state index contributed by atoms with van der Waals surface area (Å²) in [6, 6.07) is 11.1. The molecule has 0 saturated carbocycles. The number of nitrogens with one attached hydrogen (secondary N) is 1. The van der Waals surface area contributed by atoms with Crippen LogP contribution in [-0.4, -0.2) is 9.78 Å². The van der Waals surface area contributed by atoms with Crippen LogP contribution in [0.25, 0.3) is 0 Å². The van der Waals surface area contributed by atoms with Crippen LogP contribution in [0.3, 0.4) is 0 Å². The number of nitrogens with zero attached hydrogens (tertiary/aromatic N) is 2. The number of hydrogen-bond donors (Lipinski definition) is 1. The van der Waals surface area contributed by atoms with Crippen molar-refractivity contribution in [2.24, 2.45) is 12.5 Å². The highest BCUT2D eigenvalue weighted by atomic mass is 15.3. The van der Waals surface area contributed by atoms with E-state index in [4.69, 9.17) is 0 Å². The van der Waals surface area contributed by atoms with E-state index in [1.165, 1.54) is 24.0 Å². The Balaban J connectivity index is 1.97. The van der Waals surface area contributed by atoms with Gasteiger partial charge in [-0.05, 0) is 29.4 Å². The average Bonchev–Trinajstić information content (AvgIpc) is 2.79. The maximum Gasteiger partial charge on any atom is 0.148 e. The summed E-state index contributed by atoms with van der Waals surface area (Å²) in [5, 5.41) is 8.07. The van der Waals surface area contributed by atoms with Crippen molar-refractivity contribution in [3.8, 4) is 0 Å². The zero-order valence-corrected chi connectivity index (χ0v) is 11.9. The van der Waals surface area contributed by atoms with Gasteiger partial charge in [-0.15, -0.1) is 0 Å². The fourth-order valence-electron chi connectivity index (χ4n) is 2.98. The molecule has 0 bridgehead atoms. The van der Waals surface area contributed by atoms with Crippen molar-refractivity contribution in [1.82, 2.24) is 9.78 Å². The molecule has 100 valence electrons. The Morgan fingerprint density at radius 3 is 2.79 bits per heavy atom. The van der Waals surface area contributed by atoms with Crippen LogP contribution < -0.4 is 5.32 Å². The van der Waals surface area contributed by atoms with Gasteiger partial charge in [0.15, 0.2) is 0 Å². The van der Waals surface area contributed by atoms with Crippen molar-refractivity contribution in [3.05, 3.63) is 47.7 Å². The molecule has 3 heteroatoms. The van der Waals surface area contributed by atoms with Gasteiger partial charge in [0.25, 0.3) is 0 Å². The van der Waals surface area contributed by atoms with Crippen molar-refractivity contribution in [1.29, 1.82) is 0 Å². The van der Waals surface area contributed by atoms with E-state index in [-0.39, 0.29) is 5.41 Å². The van der Waals surface area contributed by atoms with Crippen molar-refractivity contribution >= 4 is 5.82 Å². The summed E-state index contributed by atoms with van der Waals surface area (Å²) in [7, 11) is 1.95. The predicted octanol–water partition coefficient (Wildman–Crippen LogP) is 3.55. The summed E-state index contributed by atoms with van der Waals surface area (Å²) in [4.78, 5) is 0. The minimum Gasteiger partial charge on any atom is -0.361 e. The van der Waals surface area contributed by atoms with Gasteiger partial charge in [-0.25, -0.2) is 0 Å². The lowest BCUT2D eigenvalue weighted by Gasteiger charge is -2.40. The van der Waals surface area contributed by atoms with Crippen LogP contribution in [0.4, 0.5) is 5.82 Å². The largest absolute Gasteiger partial charge is 0.361 e. The molecular weight excluding hydrogens is 234 g/mol. The van der Waals surface area contributed by atoms with Crippen LogP contribution in [0, 0.1) is 5.41 Å². The van der Waals surface area contributed by atoms with Crippen LogP contribution in [0.2, 0.25) is 0 Å². The molecule has 0 fully saturated rings. The lowest BCUT2D eigenvalue weighted by Crippen LogP contribution is -2.33. The van der Waals surface area contributed by atoms with Crippen molar-refractivity contribution in [3.63, 3.8) is 0 Å². The Hall–Kier alpha value is -1.77. The summed E-state index contributed by atoms with van der Waals surface area (Å²) in [6.45, 7) is 4.67. The average molecular weight is 255 g/mol. The van der Waals surface area contributed by atoms with Gasteiger partial charge < -0.3 is 5.32 Å². The number of benzene rings is 1. The van der Waals surface area contributed by atoms with Gasteiger partial charge in [-0.1, -0.05) is 38.1 Å². The molecule has 1 heterocycles. The fourth-order valence-corrected chi connectivity index (χ4v) is 2.98. The maximum absolute atomic E-state index is 4.45. The van der Waals surface area contributed by atoms with Crippen LogP contribution in [0.1, 0.15) is 37.4 Å². The molecule has 3 nitrogen and oxygen atoms in total. The molecular formula is C16H21N3. The summed E-state index contributed by atoms with van der Waals surface area (Å²) in [5.74, 6) is 0.956. The monoisotopic (exact) mass is 255 g/mol. The number of fused-ring (bicyclic) bond motifs is 1. The molecule has 0 saturated heterocycles. The van der Waals surface area contributed by atoms with Gasteiger partial charge in [-0.2, -0.15) is 5.10 Å². The first-order valence-electron chi connectivity index (χ1n) is 6.90. The van der Waals surface area contributed by atoms with E-state index in [1.807, 2.05) is 24.0 Å². The standard InChI is InChI=1S/C16H21N3/c1-16(2)10-8-12-6-4-5-7-13(12)15(16)17-14-9-11-19(3)18-14/h4-7,9,11,15H,8,10H2,1-3H3,(H,17,18). The smallest absolute Gasteiger partial charge is 0.148 e. The van der Waals surface area contributed by atoms with Crippen LogP contribution >= 0.6 is 0 Å². The Morgan fingerprint density at radius 1 is 1.26 bits per heavy atom. The van der Waals surface area contributed by atoms with E-state index >= 15 is 0 Å². The summed E-state index contributed by atoms with van der Waals surface area (Å²) < 4.78 is 1.84. The quantitative estimate of drug-likeness (QED) is 0.889. The Bertz CT molecular complexity index is 583. The van der Waals surface area contributed by atoms with Crippen LogP contribution in [0.5, 0.6) is 0 Å². The van der Waals surface area contributed by atoms with Gasteiger partial charge in [0.05, 0.1) is 6.04 Å². The lowest BCUT2D eigenvalue weighted by molar-refractivity contribution is 0.265. The number of rotatable bonds is 2. The second-order valence-electron chi connectivity index (χ2n) is 6.14. The van der Waals surface area contributed by atoms with E-state index in [0.717, 1.165) is 5.82 Å². The number of anilines is 1. The maximum atomic E-state index is 4.45. The molecule has 1 aliphatic carbocycles. The number of aromatic nitrogens is 2. The molecule has 3 rings (SSSR count). The van der Waals surface area contributed by atoms with Gasteiger partial charge in [-0.3, -0.25) is 4.68 Å². The van der Waals surface area contributed by atoms with Gasteiger partial charge in [0.2, 0.25) is 0 Å². The molecule has 1 aromatic carbocycles. The SMILES string of the molecule is Cn1ccc(NC2c3ccccc3CCC2(C)C)n1. The Kier molecular flexibility index (Phi) is 2.85. The highest BCUT2D eigenvalue weighted by molar-refractivity contribution is 5.43. The lowest BCUT2D eigenvalue weighted by atomic mass is 9.70. The molecule has 2 aromatic rings. The number of aryl methyl sites for hydroxylation is 2. The van der Waals surface area contributed by atoms with Gasteiger partial charge in [0.1, 0.15) is 5.82 Å². The zero-order valence-electron chi connectivity index (χ0n) is 11.9. The van der Waals surface area contributed by atoms with Crippen LogP contribution in [-0.2, 0) is 13.5 Å². The van der Waals surface area contributed by atoms with Crippen molar-refractivity contribution in [2.75, 3.05) is 5.32 Å². The highest BCUT2D eigenvalue weighted by Gasteiger charge is 2.35. The number of hydrogen-bond acceptors (Lipinski definition) is 2. The molecule has 1 atom stereocenters. The highest BCUT2D eigenvalue weighted by Crippen LogP contribution is 2.44. The first-order chi connectivity index (χ1) is 9.06. The molecule has 0 radical (unpaired) electrons. The molecule has 19 heavy (non-hydrogen) atoms. The third kappa shape index (κ3) is 2.25. The summed E-state index contributed by atoms with van der Waals surface area (Å²) in [5.41, 5.74) is 3.13.